The van der Waals surface area contributed by atoms with Crippen molar-refractivity contribution in [2.75, 3.05) is 0 Å². The first-order valence-electron chi connectivity index (χ1n) is 6.06. The molecule has 1 heterocycles. The number of ether oxygens (including phenoxy) is 1. The number of rotatable bonds is 3. The minimum atomic E-state index is -2.87. The van der Waals surface area contributed by atoms with Gasteiger partial charge in [0.1, 0.15) is 0 Å². The van der Waals surface area contributed by atoms with E-state index in [1.54, 1.807) is 14.0 Å². The van der Waals surface area contributed by atoms with Gasteiger partial charge in [0.25, 0.3) is 0 Å². The first-order chi connectivity index (χ1) is 9.31. The molecule has 0 atom stereocenters. The third kappa shape index (κ3) is 2.63. The van der Waals surface area contributed by atoms with Crippen LogP contribution in [-0.4, -0.2) is 16.4 Å². The summed E-state index contributed by atoms with van der Waals surface area (Å²) in [4.78, 5) is 0. The zero-order valence-corrected chi connectivity index (χ0v) is 12.4. The first-order valence-corrected chi connectivity index (χ1v) is 6.44. The summed E-state index contributed by atoms with van der Waals surface area (Å²) in [5.74, 6) is 0.0713. The first kappa shape index (κ1) is 14.8. The summed E-state index contributed by atoms with van der Waals surface area (Å²) in [5, 5.41) is 4.95. The van der Waals surface area contributed by atoms with Gasteiger partial charge in [-0.25, -0.2) is 4.68 Å². The van der Waals surface area contributed by atoms with Crippen LogP contribution in [0.3, 0.4) is 0 Å². The fraction of sp³-hybridized carbons (Fsp3) is 0.357. The smallest absolute Gasteiger partial charge is 0.388 e. The van der Waals surface area contributed by atoms with Crippen LogP contribution in [0.4, 0.5) is 8.78 Å². The Balaban J connectivity index is 2.57. The predicted molar refractivity (Wildman–Crippen MR) is 74.5 cm³/mol. The number of benzene rings is 1. The van der Waals surface area contributed by atoms with E-state index in [2.05, 4.69) is 9.84 Å². The average molecular weight is 301 g/mol. The molecule has 6 heteroatoms. The van der Waals surface area contributed by atoms with E-state index < -0.39 is 6.61 Å². The van der Waals surface area contributed by atoms with Crippen LogP contribution in [-0.2, 0) is 7.05 Å². The summed E-state index contributed by atoms with van der Waals surface area (Å²) in [5.41, 5.74) is 3.92. The van der Waals surface area contributed by atoms with Gasteiger partial charge in [-0.15, -0.1) is 0 Å². The molecule has 2 aromatic rings. The molecule has 0 saturated heterocycles. The van der Waals surface area contributed by atoms with E-state index in [9.17, 15) is 8.78 Å². The number of alkyl halides is 2. The maximum absolute atomic E-state index is 12.4. The van der Waals surface area contributed by atoms with Crippen LogP contribution in [0.2, 0.25) is 5.02 Å². The maximum Gasteiger partial charge on any atom is 0.388 e. The topological polar surface area (TPSA) is 27.1 Å². The lowest BCUT2D eigenvalue weighted by Gasteiger charge is -2.08. The molecule has 20 heavy (non-hydrogen) atoms. The molecule has 3 nitrogen and oxygen atoms in total. The van der Waals surface area contributed by atoms with Gasteiger partial charge in [-0.3, -0.25) is 0 Å². The fourth-order valence-corrected chi connectivity index (χ4v) is 2.37. The van der Waals surface area contributed by atoms with Crippen molar-refractivity contribution in [3.8, 4) is 17.1 Å². The summed E-state index contributed by atoms with van der Waals surface area (Å²) in [6.07, 6.45) is 0. The van der Waals surface area contributed by atoms with Crippen molar-refractivity contribution in [3.05, 3.63) is 33.8 Å². The Hall–Kier alpha value is -1.62. The Kier molecular flexibility index (Phi) is 3.99. The summed E-state index contributed by atoms with van der Waals surface area (Å²) < 4.78 is 30.6. The van der Waals surface area contributed by atoms with Crippen molar-refractivity contribution in [2.45, 2.75) is 27.4 Å². The second-order valence-corrected chi connectivity index (χ2v) is 5.10. The standard InChI is InChI=1S/C14H15ClF2N2O/c1-7-6-11(15)8(2)5-10(7)12-9(3)13(19(4)18-12)20-14(16)17/h5-6,14H,1-4H3. The van der Waals surface area contributed by atoms with Crippen molar-refractivity contribution >= 4 is 11.6 Å². The molecule has 0 unspecified atom stereocenters. The Morgan fingerprint density at radius 3 is 2.45 bits per heavy atom. The average Bonchev–Trinajstić information content (AvgIpc) is 2.61. The van der Waals surface area contributed by atoms with Gasteiger partial charge in [-0.2, -0.15) is 13.9 Å². The van der Waals surface area contributed by atoms with Gasteiger partial charge in [0, 0.05) is 23.2 Å². The lowest BCUT2D eigenvalue weighted by Crippen LogP contribution is -2.06. The largest absolute Gasteiger partial charge is 0.417 e. The molecule has 0 radical (unpaired) electrons. The third-order valence-corrected chi connectivity index (χ3v) is 3.59. The summed E-state index contributed by atoms with van der Waals surface area (Å²) in [7, 11) is 1.58. The van der Waals surface area contributed by atoms with Crippen LogP contribution >= 0.6 is 11.6 Å². The predicted octanol–water partition coefficient (Wildman–Crippen LogP) is 4.27. The highest BCUT2D eigenvalue weighted by atomic mass is 35.5. The highest BCUT2D eigenvalue weighted by Gasteiger charge is 2.19. The van der Waals surface area contributed by atoms with Crippen LogP contribution in [0.5, 0.6) is 5.88 Å². The molecule has 108 valence electrons. The summed E-state index contributed by atoms with van der Waals surface area (Å²) >= 11 is 6.07. The zero-order valence-electron chi connectivity index (χ0n) is 11.7. The molecule has 0 amide bonds. The lowest BCUT2D eigenvalue weighted by atomic mass is 10.0. The summed E-state index contributed by atoms with van der Waals surface area (Å²) in [6.45, 7) is 2.64. The SMILES string of the molecule is Cc1cc(-c2nn(C)c(OC(F)F)c2C)c(C)cc1Cl. The molecule has 1 aromatic carbocycles. The van der Waals surface area contributed by atoms with Gasteiger partial charge in [0.2, 0.25) is 5.88 Å². The van der Waals surface area contributed by atoms with Gasteiger partial charge in [0.15, 0.2) is 0 Å². The molecular weight excluding hydrogens is 286 g/mol. The highest BCUT2D eigenvalue weighted by Crippen LogP contribution is 2.34. The number of hydrogen-bond acceptors (Lipinski definition) is 2. The molecule has 0 bridgehead atoms. The molecule has 0 aliphatic heterocycles. The van der Waals surface area contributed by atoms with E-state index in [-0.39, 0.29) is 5.88 Å². The van der Waals surface area contributed by atoms with E-state index >= 15 is 0 Å². The van der Waals surface area contributed by atoms with E-state index in [0.717, 1.165) is 16.7 Å². The molecule has 0 saturated carbocycles. The molecule has 0 spiro atoms. The van der Waals surface area contributed by atoms with Gasteiger partial charge >= 0.3 is 6.61 Å². The quantitative estimate of drug-likeness (QED) is 0.846. The Bertz CT molecular complexity index is 653. The number of halogens is 3. The Morgan fingerprint density at radius 1 is 1.20 bits per heavy atom. The van der Waals surface area contributed by atoms with Crippen LogP contribution in [0.15, 0.2) is 12.1 Å². The number of hydrogen-bond donors (Lipinski definition) is 0. The minimum absolute atomic E-state index is 0.0713. The number of aromatic nitrogens is 2. The van der Waals surface area contributed by atoms with Crippen LogP contribution < -0.4 is 4.74 Å². The lowest BCUT2D eigenvalue weighted by molar-refractivity contribution is -0.0557. The molecule has 1 aromatic heterocycles. The monoisotopic (exact) mass is 300 g/mol. The summed E-state index contributed by atoms with van der Waals surface area (Å²) in [6, 6.07) is 3.74. The van der Waals surface area contributed by atoms with Crippen molar-refractivity contribution < 1.29 is 13.5 Å². The second kappa shape index (κ2) is 5.40. The molecule has 2 rings (SSSR count). The maximum atomic E-state index is 12.4. The van der Waals surface area contributed by atoms with Crippen LogP contribution in [0.25, 0.3) is 11.3 Å². The van der Waals surface area contributed by atoms with E-state index in [1.165, 1.54) is 4.68 Å². The normalized spacial score (nSPS) is 11.2. The van der Waals surface area contributed by atoms with Crippen molar-refractivity contribution in [1.82, 2.24) is 9.78 Å². The van der Waals surface area contributed by atoms with E-state index in [1.807, 2.05) is 26.0 Å². The fourth-order valence-electron chi connectivity index (χ4n) is 2.16. The molecule has 0 aliphatic rings. The van der Waals surface area contributed by atoms with Crippen molar-refractivity contribution in [2.24, 2.45) is 7.05 Å². The Morgan fingerprint density at radius 2 is 1.85 bits per heavy atom. The van der Waals surface area contributed by atoms with Gasteiger partial charge in [-0.1, -0.05) is 11.6 Å². The van der Waals surface area contributed by atoms with Gasteiger partial charge in [-0.05, 0) is 44.0 Å². The van der Waals surface area contributed by atoms with Gasteiger partial charge in [0.05, 0.1) is 5.69 Å². The zero-order chi connectivity index (χ0) is 15.0. The molecule has 0 aliphatic carbocycles. The van der Waals surface area contributed by atoms with E-state index in [0.29, 0.717) is 16.3 Å². The molecular formula is C14H15ClF2N2O. The highest BCUT2D eigenvalue weighted by molar-refractivity contribution is 6.31. The van der Waals surface area contributed by atoms with Crippen molar-refractivity contribution in [1.29, 1.82) is 0 Å². The van der Waals surface area contributed by atoms with Crippen LogP contribution in [0, 0.1) is 20.8 Å². The van der Waals surface area contributed by atoms with Crippen LogP contribution in [0.1, 0.15) is 16.7 Å². The van der Waals surface area contributed by atoms with E-state index in [4.69, 9.17) is 11.6 Å². The van der Waals surface area contributed by atoms with Crippen molar-refractivity contribution in [3.63, 3.8) is 0 Å². The number of aryl methyl sites for hydroxylation is 3. The minimum Gasteiger partial charge on any atom is -0.417 e. The third-order valence-electron chi connectivity index (χ3n) is 3.18. The number of nitrogens with zero attached hydrogens (tertiary/aromatic N) is 2. The Labute approximate surface area is 121 Å². The molecule has 0 N–H and O–H groups in total. The second-order valence-electron chi connectivity index (χ2n) is 4.70. The van der Waals surface area contributed by atoms with Gasteiger partial charge < -0.3 is 4.74 Å². The molecule has 0 fully saturated rings.